The van der Waals surface area contributed by atoms with Gasteiger partial charge in [-0.25, -0.2) is 20.2 Å². The number of nitrogen functional groups attached to an aromatic ring is 1. The van der Waals surface area contributed by atoms with Crippen LogP contribution in [-0.4, -0.2) is 9.97 Å². The Balaban J connectivity index is 2.31. The van der Waals surface area contributed by atoms with Gasteiger partial charge in [-0.2, -0.15) is 0 Å². The molecule has 0 saturated carbocycles. The molecule has 94 valence electrons. The van der Waals surface area contributed by atoms with Crippen LogP contribution in [0.5, 0.6) is 0 Å². The van der Waals surface area contributed by atoms with E-state index in [9.17, 15) is 4.39 Å². The van der Waals surface area contributed by atoms with Crippen molar-refractivity contribution < 1.29 is 4.39 Å². The van der Waals surface area contributed by atoms with Crippen molar-refractivity contribution >= 4 is 28.9 Å². The first kappa shape index (κ1) is 12.5. The Labute approximate surface area is 108 Å². The summed E-state index contributed by atoms with van der Waals surface area (Å²) in [5.74, 6) is 5.94. The highest BCUT2D eigenvalue weighted by molar-refractivity contribution is 6.31. The van der Waals surface area contributed by atoms with Gasteiger partial charge in [-0.1, -0.05) is 11.6 Å². The molecule has 0 spiro atoms. The fourth-order valence-electron chi connectivity index (χ4n) is 1.43. The smallest absolute Gasteiger partial charge is 0.148 e. The van der Waals surface area contributed by atoms with E-state index >= 15 is 0 Å². The van der Waals surface area contributed by atoms with Crippen molar-refractivity contribution in [2.75, 3.05) is 10.7 Å². The molecule has 1 aromatic carbocycles. The first-order chi connectivity index (χ1) is 8.61. The second-order valence-electron chi connectivity index (χ2n) is 3.59. The van der Waals surface area contributed by atoms with Gasteiger partial charge in [-0.05, 0) is 25.1 Å². The van der Waals surface area contributed by atoms with Crippen molar-refractivity contribution in [1.29, 1.82) is 0 Å². The van der Waals surface area contributed by atoms with E-state index in [1.165, 1.54) is 18.5 Å². The second-order valence-corrected chi connectivity index (χ2v) is 4.00. The van der Waals surface area contributed by atoms with Crippen LogP contribution in [0, 0.1) is 12.7 Å². The number of nitrogens with two attached hydrogens (primary N) is 1. The normalized spacial score (nSPS) is 10.2. The molecule has 0 aliphatic carbocycles. The van der Waals surface area contributed by atoms with Crippen LogP contribution >= 0.6 is 11.6 Å². The van der Waals surface area contributed by atoms with Gasteiger partial charge in [0, 0.05) is 11.3 Å². The summed E-state index contributed by atoms with van der Waals surface area (Å²) in [5.41, 5.74) is 3.85. The van der Waals surface area contributed by atoms with Gasteiger partial charge in [0.05, 0.1) is 5.02 Å². The first-order valence-corrected chi connectivity index (χ1v) is 5.50. The van der Waals surface area contributed by atoms with E-state index in [2.05, 4.69) is 20.7 Å². The zero-order valence-corrected chi connectivity index (χ0v) is 10.3. The van der Waals surface area contributed by atoms with Crippen LogP contribution < -0.4 is 16.6 Å². The van der Waals surface area contributed by atoms with E-state index in [0.29, 0.717) is 17.3 Å². The van der Waals surface area contributed by atoms with Crippen molar-refractivity contribution in [2.45, 2.75) is 6.92 Å². The molecule has 5 nitrogen and oxygen atoms in total. The maximum absolute atomic E-state index is 13.0. The predicted octanol–water partition coefficient (Wildman–Crippen LogP) is 2.61. The summed E-state index contributed by atoms with van der Waals surface area (Å²) in [6.45, 7) is 1.81. The number of halogens is 2. The molecule has 7 heteroatoms. The summed E-state index contributed by atoms with van der Waals surface area (Å²) < 4.78 is 13.0. The maximum Gasteiger partial charge on any atom is 0.148 e. The minimum absolute atomic E-state index is 0.0453. The average Bonchev–Trinajstić information content (AvgIpc) is 2.36. The zero-order chi connectivity index (χ0) is 13.1. The lowest BCUT2D eigenvalue weighted by Crippen LogP contribution is -2.11. The Morgan fingerprint density at radius 1 is 1.28 bits per heavy atom. The van der Waals surface area contributed by atoms with Crippen LogP contribution in [0.25, 0.3) is 0 Å². The van der Waals surface area contributed by atoms with Crippen LogP contribution in [0.2, 0.25) is 5.02 Å². The summed E-state index contributed by atoms with van der Waals surface area (Å²) in [5, 5.41) is 3.06. The molecule has 2 aromatic rings. The highest BCUT2D eigenvalue weighted by Gasteiger charge is 2.07. The van der Waals surface area contributed by atoms with Gasteiger partial charge in [0.25, 0.3) is 0 Å². The second kappa shape index (κ2) is 5.16. The maximum atomic E-state index is 13.0. The molecule has 0 saturated heterocycles. The quantitative estimate of drug-likeness (QED) is 0.589. The standard InChI is InChI=1S/C11H11ClFN5/c1-6-10(15-5-16-11(6)18-14)17-7-2-3-9(13)8(12)4-7/h2-5H,14H2,1H3,(H2,15,16,17,18). The molecule has 0 bridgehead atoms. The average molecular weight is 268 g/mol. The van der Waals surface area contributed by atoms with E-state index in [4.69, 9.17) is 17.4 Å². The first-order valence-electron chi connectivity index (χ1n) is 5.12. The van der Waals surface area contributed by atoms with Gasteiger partial charge in [0.1, 0.15) is 23.8 Å². The largest absolute Gasteiger partial charge is 0.340 e. The van der Waals surface area contributed by atoms with Crippen LogP contribution in [0.1, 0.15) is 5.56 Å². The fraction of sp³-hybridized carbons (Fsp3) is 0.0909. The van der Waals surface area contributed by atoms with E-state index in [0.717, 1.165) is 5.56 Å². The van der Waals surface area contributed by atoms with Crippen LogP contribution in [0.15, 0.2) is 24.5 Å². The summed E-state index contributed by atoms with van der Waals surface area (Å²) >= 11 is 5.70. The Bertz CT molecular complexity index is 575. The van der Waals surface area contributed by atoms with Gasteiger partial charge < -0.3 is 10.7 Å². The minimum Gasteiger partial charge on any atom is -0.340 e. The number of rotatable bonds is 3. The molecule has 0 fully saturated rings. The Morgan fingerprint density at radius 3 is 2.67 bits per heavy atom. The number of benzene rings is 1. The lowest BCUT2D eigenvalue weighted by atomic mass is 10.2. The molecule has 0 unspecified atom stereocenters. The number of hydrogen-bond acceptors (Lipinski definition) is 5. The van der Waals surface area contributed by atoms with Crippen molar-refractivity contribution in [3.8, 4) is 0 Å². The molecule has 2 rings (SSSR count). The highest BCUT2D eigenvalue weighted by Crippen LogP contribution is 2.24. The summed E-state index contributed by atoms with van der Waals surface area (Å²) in [6, 6.07) is 4.33. The number of hydrogen-bond donors (Lipinski definition) is 3. The molecule has 18 heavy (non-hydrogen) atoms. The Morgan fingerprint density at radius 2 is 2.00 bits per heavy atom. The van der Waals surface area contributed by atoms with E-state index in [1.54, 1.807) is 6.07 Å². The Hall–Kier alpha value is -1.92. The van der Waals surface area contributed by atoms with E-state index < -0.39 is 5.82 Å². The van der Waals surface area contributed by atoms with Gasteiger partial charge in [-0.15, -0.1) is 0 Å². The topological polar surface area (TPSA) is 75.9 Å². The predicted molar refractivity (Wildman–Crippen MR) is 69.3 cm³/mol. The van der Waals surface area contributed by atoms with Gasteiger partial charge in [0.2, 0.25) is 0 Å². The number of hydrazine groups is 1. The molecule has 0 amide bonds. The lowest BCUT2D eigenvalue weighted by molar-refractivity contribution is 0.628. The Kier molecular flexibility index (Phi) is 3.59. The molecule has 4 N–H and O–H groups in total. The van der Waals surface area contributed by atoms with Crippen molar-refractivity contribution in [3.05, 3.63) is 40.9 Å². The molecule has 0 aliphatic heterocycles. The van der Waals surface area contributed by atoms with Crippen molar-refractivity contribution in [3.63, 3.8) is 0 Å². The summed E-state index contributed by atoms with van der Waals surface area (Å²) in [6.07, 6.45) is 1.37. The van der Waals surface area contributed by atoms with E-state index in [-0.39, 0.29) is 5.02 Å². The molecule has 0 radical (unpaired) electrons. The molecular weight excluding hydrogens is 257 g/mol. The van der Waals surface area contributed by atoms with Crippen LogP contribution in [0.4, 0.5) is 21.7 Å². The number of anilines is 3. The third-order valence-corrected chi connectivity index (χ3v) is 2.69. The van der Waals surface area contributed by atoms with Gasteiger partial charge >= 0.3 is 0 Å². The summed E-state index contributed by atoms with van der Waals surface area (Å²) in [4.78, 5) is 8.04. The van der Waals surface area contributed by atoms with E-state index in [1.807, 2.05) is 6.92 Å². The minimum atomic E-state index is -0.467. The third kappa shape index (κ3) is 2.49. The zero-order valence-electron chi connectivity index (χ0n) is 9.54. The van der Waals surface area contributed by atoms with Gasteiger partial charge in [-0.3, -0.25) is 0 Å². The molecular formula is C11H11ClFN5. The fourth-order valence-corrected chi connectivity index (χ4v) is 1.61. The van der Waals surface area contributed by atoms with Crippen LogP contribution in [0.3, 0.4) is 0 Å². The summed E-state index contributed by atoms with van der Waals surface area (Å²) in [7, 11) is 0. The molecule has 1 heterocycles. The van der Waals surface area contributed by atoms with Crippen LogP contribution in [-0.2, 0) is 0 Å². The van der Waals surface area contributed by atoms with Crippen molar-refractivity contribution in [2.24, 2.45) is 5.84 Å². The molecule has 0 aliphatic rings. The lowest BCUT2D eigenvalue weighted by Gasteiger charge is -2.11. The molecule has 0 atom stereocenters. The number of nitrogens with zero attached hydrogens (tertiary/aromatic N) is 2. The number of aromatic nitrogens is 2. The number of nitrogens with one attached hydrogen (secondary N) is 2. The third-order valence-electron chi connectivity index (χ3n) is 2.40. The SMILES string of the molecule is Cc1c(NN)ncnc1Nc1ccc(F)c(Cl)c1. The van der Waals surface area contributed by atoms with Crippen molar-refractivity contribution in [1.82, 2.24) is 9.97 Å². The monoisotopic (exact) mass is 267 g/mol. The molecule has 1 aromatic heterocycles. The van der Waals surface area contributed by atoms with Gasteiger partial charge in [0.15, 0.2) is 0 Å². The highest BCUT2D eigenvalue weighted by atomic mass is 35.5.